The molecule has 16 nitrogen and oxygen atoms in total. The van der Waals surface area contributed by atoms with Gasteiger partial charge in [-0.2, -0.15) is 13.5 Å². The van der Waals surface area contributed by atoms with Gasteiger partial charge in [0.25, 0.3) is 0 Å². The van der Waals surface area contributed by atoms with Crippen molar-refractivity contribution in [1.29, 1.82) is 0 Å². The molecular weight excluding hydrogens is 782 g/mol. The van der Waals surface area contributed by atoms with Gasteiger partial charge >= 0.3 is 27.6 Å². The Morgan fingerprint density at radius 3 is 1.65 bits per heavy atom. The van der Waals surface area contributed by atoms with Gasteiger partial charge in [0, 0.05) is 25.2 Å². The second kappa shape index (κ2) is 29.4. The number of terminal acetylenes is 1. The predicted molar refractivity (Wildman–Crippen MR) is 222 cm³/mol. The van der Waals surface area contributed by atoms with Gasteiger partial charge in [0.2, 0.25) is 0 Å². The fourth-order valence-corrected chi connectivity index (χ4v) is 6.62. The molecule has 0 heterocycles. The first-order valence-electron chi connectivity index (χ1n) is 17.6. The molecule has 1 aliphatic carbocycles. The van der Waals surface area contributed by atoms with E-state index in [1.165, 1.54) is 44.9 Å². The van der Waals surface area contributed by atoms with Gasteiger partial charge < -0.3 is 44.6 Å². The lowest BCUT2D eigenvalue weighted by atomic mass is 9.85. The molecule has 326 valence electrons. The lowest BCUT2D eigenvalue weighted by Crippen LogP contribution is -2.64. The van der Waals surface area contributed by atoms with E-state index in [-0.39, 0.29) is 32.8 Å². The summed E-state index contributed by atoms with van der Waals surface area (Å²) in [5.41, 5.74) is 0. The summed E-state index contributed by atoms with van der Waals surface area (Å²) in [7, 11) is -10.7. The predicted octanol–water partition coefficient (Wildman–Crippen LogP) is 4.33. The molecule has 19 heteroatoms. The van der Waals surface area contributed by atoms with Crippen LogP contribution in [0.1, 0.15) is 110 Å². The highest BCUT2D eigenvalue weighted by molar-refractivity contribution is 7.59. The topological polar surface area (TPSA) is 256 Å². The number of carbonyl (C=O) groups excluding carboxylic acids is 2. The number of phosphoric acid groups is 2. The largest absolute Gasteiger partial charge is 0.472 e. The molecule has 1 rings (SSSR count). The maximum atomic E-state index is 12.8. The summed E-state index contributed by atoms with van der Waals surface area (Å²) in [6.07, 6.45) is 3.94. The maximum Gasteiger partial charge on any atom is 0.472 e. The van der Waals surface area contributed by atoms with Crippen molar-refractivity contribution >= 4 is 41.1 Å². The number of hydrogen-bond acceptors (Lipinski definition) is 13. The molecule has 0 amide bonds. The number of esters is 2. The van der Waals surface area contributed by atoms with Crippen LogP contribution >= 0.6 is 29.1 Å². The van der Waals surface area contributed by atoms with Crippen molar-refractivity contribution < 1.29 is 89.7 Å². The van der Waals surface area contributed by atoms with E-state index in [4.69, 9.17) is 34.7 Å². The number of carbonyl (C=O) groups is 2. The maximum absolute atomic E-state index is 12.8. The molecule has 0 bridgehead atoms. The van der Waals surface area contributed by atoms with E-state index in [2.05, 4.69) is 58.8 Å². The Bertz CT molecular complexity index is 1600. The summed E-state index contributed by atoms with van der Waals surface area (Å²) < 4.78 is 48.3. The summed E-state index contributed by atoms with van der Waals surface area (Å²) in [5, 5.41) is 40.8. The van der Waals surface area contributed by atoms with Crippen molar-refractivity contribution in [1.82, 2.24) is 0 Å². The molecule has 0 aromatic heterocycles. The monoisotopic (exact) mass is 852 g/mol. The Labute approximate surface area is 343 Å². The van der Waals surface area contributed by atoms with Gasteiger partial charge in [0.15, 0.2) is 6.10 Å². The number of phosphoric ester groups is 2. The first-order chi connectivity index (χ1) is 25.6. The molecule has 1 fully saturated rings. The number of ether oxygens (including phenoxy) is 2. The zero-order valence-electron chi connectivity index (χ0n) is 30.6. The Kier molecular flexibility index (Phi) is 27.9. The van der Waals surface area contributed by atoms with Crippen LogP contribution in [0, 0.1) is 59.7 Å². The number of aliphatic hydroxyl groups is 4. The minimum atomic E-state index is -5.38. The van der Waals surface area contributed by atoms with E-state index in [0.29, 0.717) is 6.42 Å². The van der Waals surface area contributed by atoms with Crippen LogP contribution in [0.15, 0.2) is 0 Å². The van der Waals surface area contributed by atoms with Crippen LogP contribution < -0.4 is 0 Å². The van der Waals surface area contributed by atoms with E-state index >= 15 is 0 Å². The van der Waals surface area contributed by atoms with Gasteiger partial charge in [-0.1, -0.05) is 84.0 Å². The van der Waals surface area contributed by atoms with Crippen LogP contribution in [0.5, 0.6) is 0 Å². The third-order valence-corrected chi connectivity index (χ3v) is 9.28. The van der Waals surface area contributed by atoms with E-state index < -0.39 is 83.5 Å². The number of aliphatic hydroxyl groups excluding tert-OH is 4. The molecule has 0 aromatic rings. The van der Waals surface area contributed by atoms with Crippen LogP contribution in [0.25, 0.3) is 0 Å². The van der Waals surface area contributed by atoms with E-state index in [1.807, 2.05) is 5.92 Å². The summed E-state index contributed by atoms with van der Waals surface area (Å²) in [5.74, 6) is 18.2. The smallest absolute Gasteiger partial charge is 0.456 e. The van der Waals surface area contributed by atoms with Gasteiger partial charge in [0.1, 0.15) is 43.2 Å². The van der Waals surface area contributed by atoms with Crippen molar-refractivity contribution in [2.75, 3.05) is 13.2 Å². The van der Waals surface area contributed by atoms with Gasteiger partial charge in [0.05, 0.1) is 6.61 Å². The molecular formula is C36H70O16P2S. The Morgan fingerprint density at radius 2 is 1.15 bits per heavy atom. The Balaban J connectivity index is -0.000000364. The second-order valence-electron chi connectivity index (χ2n) is 12.2. The quantitative estimate of drug-likeness (QED) is 0.0234. The molecule has 4 unspecified atom stereocenters. The number of unbranched alkanes of at least 4 members (excludes halogenated alkanes) is 12. The first kappa shape index (κ1) is 52.2. The van der Waals surface area contributed by atoms with Crippen LogP contribution in [0.2, 0.25) is 0 Å². The Morgan fingerprint density at radius 1 is 0.673 bits per heavy atom. The normalized spacial score (nSPS) is 21.7. The first-order valence-corrected chi connectivity index (χ1v) is 20.6. The SMILES string of the molecule is C#CC#CC#CC#CC#CC(=O)OC[C@H](COP(=O)(O)OC1C(O)[C@@H](OP(=O)(O)O)C(O)[C@@H](O)[C@H]1O)OC(=O)CCCCCCCCCCCCCCC.S.[HH].[HH].[HH].[HH].[HH].[HH].[HH].[HH].[HH]. The van der Waals surface area contributed by atoms with E-state index in [0.717, 1.165) is 32.1 Å². The third kappa shape index (κ3) is 24.4. The van der Waals surface area contributed by atoms with Crippen molar-refractivity contribution in [2.45, 2.75) is 140 Å². The molecule has 55 heavy (non-hydrogen) atoms. The van der Waals surface area contributed by atoms with Crippen LogP contribution in [0.3, 0.4) is 0 Å². The van der Waals surface area contributed by atoms with E-state index in [9.17, 15) is 44.0 Å². The highest BCUT2D eigenvalue weighted by Crippen LogP contribution is 2.49. The lowest BCUT2D eigenvalue weighted by Gasteiger charge is -2.43. The highest BCUT2D eigenvalue weighted by atomic mass is 32.1. The fourth-order valence-electron chi connectivity index (χ4n) is 5.08. The molecule has 0 aliphatic heterocycles. The minimum Gasteiger partial charge on any atom is -0.456 e. The van der Waals surface area contributed by atoms with Crippen LogP contribution in [-0.2, 0) is 41.8 Å². The average molecular weight is 853 g/mol. The molecule has 1 aliphatic rings. The van der Waals surface area contributed by atoms with Gasteiger partial charge in [-0.05, 0) is 53.8 Å². The Hall–Kier alpha value is -2.85. The molecule has 0 saturated heterocycles. The zero-order chi connectivity index (χ0) is 40.4. The van der Waals surface area contributed by atoms with Crippen LogP contribution in [-0.4, -0.2) is 103 Å². The highest BCUT2D eigenvalue weighted by Gasteiger charge is 2.54. The second-order valence-corrected chi connectivity index (χ2v) is 14.8. The van der Waals surface area contributed by atoms with Crippen LogP contribution in [0.4, 0.5) is 0 Å². The molecule has 1 saturated carbocycles. The van der Waals surface area contributed by atoms with Crippen molar-refractivity contribution in [2.24, 2.45) is 0 Å². The van der Waals surface area contributed by atoms with Crippen molar-refractivity contribution in [3.63, 3.8) is 0 Å². The molecule has 0 radical (unpaired) electrons. The fraction of sp³-hybridized carbons (Fsp3) is 0.667. The molecule has 0 aromatic carbocycles. The molecule has 7 N–H and O–H groups in total. The van der Waals surface area contributed by atoms with Gasteiger partial charge in [-0.15, -0.1) is 6.42 Å². The lowest BCUT2D eigenvalue weighted by molar-refractivity contribution is -0.216. The standard InChI is InChI=1S/C36H50O16P2.H2S.9H2/c1-3-5-7-9-11-13-14-15-16-17-19-21-23-25-30(38)50-28(26-48-29(37)24-22-20-18-12-10-8-6-4-2)27-49-54(46,47)52-36-33(41)31(39)32(40)35(34(36)42)51-53(43,44)45;;;;;;;;;;/h2,28,31-36,39-42H,3,5,7,9,11,13-17,19,21,23,25-27H2,1H3,(H,46,47)(H2,43,44,45);1H2;9*1H/t28-,31-,32?,33-,34?,35+,36?;;;;;;;;;;/m1........../s1. The summed E-state index contributed by atoms with van der Waals surface area (Å²) in [6, 6.07) is 0. The summed E-state index contributed by atoms with van der Waals surface area (Å²) in [4.78, 5) is 53.3. The molecule has 8 atom stereocenters. The number of hydrogen-bond donors (Lipinski definition) is 7. The van der Waals surface area contributed by atoms with Crippen molar-refractivity contribution in [3.8, 4) is 59.7 Å². The summed E-state index contributed by atoms with van der Waals surface area (Å²) >= 11 is 0. The third-order valence-electron chi connectivity index (χ3n) is 7.78. The number of rotatable bonds is 24. The van der Waals surface area contributed by atoms with Gasteiger partial charge in [-0.3, -0.25) is 18.4 Å². The van der Waals surface area contributed by atoms with Gasteiger partial charge in [-0.25, -0.2) is 13.9 Å². The summed E-state index contributed by atoms with van der Waals surface area (Å²) in [6.45, 7) is 0.531. The average Bonchev–Trinajstić information content (AvgIpc) is 3.11. The molecule has 0 spiro atoms. The minimum absolute atomic E-state index is 0. The zero-order valence-corrected chi connectivity index (χ0v) is 33.4. The van der Waals surface area contributed by atoms with Crippen molar-refractivity contribution in [3.05, 3.63) is 0 Å². The van der Waals surface area contributed by atoms with E-state index in [1.54, 1.807) is 0 Å².